The van der Waals surface area contributed by atoms with Gasteiger partial charge in [0.15, 0.2) is 0 Å². The van der Waals surface area contributed by atoms with Gasteiger partial charge < -0.3 is 5.73 Å². The van der Waals surface area contributed by atoms with Gasteiger partial charge in [-0.25, -0.2) is 0 Å². The van der Waals surface area contributed by atoms with E-state index in [1.807, 2.05) is 13.0 Å². The highest BCUT2D eigenvalue weighted by Gasteiger charge is 2.14. The Morgan fingerprint density at radius 2 is 1.26 bits per heavy atom. The second kappa shape index (κ2) is 7.35. The van der Waals surface area contributed by atoms with E-state index >= 15 is 0 Å². The smallest absolute Gasteiger partial charge is 0.0599 e. The first kappa shape index (κ1) is 19.8. The predicted molar refractivity (Wildman–Crippen MR) is 121 cm³/mol. The molecule has 0 amide bonds. The van der Waals surface area contributed by atoms with E-state index in [9.17, 15) is 0 Å². The zero-order valence-electron chi connectivity index (χ0n) is 12.0. The molecule has 0 aliphatic carbocycles. The second-order valence-corrected chi connectivity index (χ2v) is 8.06. The van der Waals surface area contributed by atoms with Crippen LogP contribution in [0.3, 0.4) is 0 Å². The fourth-order valence-corrected chi connectivity index (χ4v) is 4.22. The monoisotopic (exact) mass is 433 g/mol. The summed E-state index contributed by atoms with van der Waals surface area (Å²) >= 11 is 31.3. The van der Waals surface area contributed by atoms with Crippen molar-refractivity contribution in [3.05, 3.63) is 21.6 Å². The molecule has 0 aromatic heterocycles. The number of hydrogen-bond acceptors (Lipinski definition) is 8. The minimum atomic E-state index is 0.507. The third-order valence-corrected chi connectivity index (χ3v) is 7.64. The van der Waals surface area contributed by atoms with Crippen molar-refractivity contribution >= 4 is 107 Å². The number of rotatable bonds is 1. The number of benzene rings is 2. The van der Waals surface area contributed by atoms with Gasteiger partial charge in [-0.15, -0.1) is 88.4 Å². The van der Waals surface area contributed by atoms with Crippen LogP contribution in [0.2, 0.25) is 0 Å². The number of nitrogens with two attached hydrogens (primary N) is 1. The lowest BCUT2D eigenvalue weighted by atomic mass is 10.0. The van der Waals surface area contributed by atoms with Crippen molar-refractivity contribution in [2.75, 3.05) is 5.73 Å². The Morgan fingerprint density at radius 3 is 1.83 bits per heavy atom. The van der Waals surface area contributed by atoms with Crippen molar-refractivity contribution in [1.82, 2.24) is 0 Å². The molecule has 0 radical (unpaired) electrons. The number of thiol groups is 7. The molecule has 1 nitrogen and oxygen atoms in total. The highest BCUT2D eigenvalue weighted by Crippen LogP contribution is 2.37. The van der Waals surface area contributed by atoms with Crippen molar-refractivity contribution in [3.63, 3.8) is 0 Å². The summed E-state index contributed by atoms with van der Waals surface area (Å²) in [7, 11) is 0. The zero-order chi connectivity index (χ0) is 17.6. The van der Waals surface area contributed by atoms with Gasteiger partial charge in [-0.1, -0.05) is 6.58 Å². The van der Waals surface area contributed by atoms with Crippen LogP contribution in [-0.4, -0.2) is 0 Å². The summed E-state index contributed by atoms with van der Waals surface area (Å²) in [5.41, 5.74) is 8.26. The van der Waals surface area contributed by atoms with Gasteiger partial charge in [0.05, 0.1) is 5.69 Å². The molecule has 122 valence electrons. The summed E-state index contributed by atoms with van der Waals surface area (Å²) in [4.78, 5) is 4.56. The van der Waals surface area contributed by atoms with Crippen LogP contribution in [0, 0.1) is 6.92 Å². The van der Waals surface area contributed by atoms with E-state index in [0.29, 0.717) is 45.2 Å². The molecule has 2 aromatic rings. The Hall–Kier alpha value is 0.430. The standard InChI is InChI=1S/C15H15NS7/c1-4-6(11(19)13(21)8(16)9(4)17)3-7-5(2)10(18)14(22)15(23)12(7)20/h3,17-23H,2,16H2,1H3/b7-3+. The van der Waals surface area contributed by atoms with Crippen LogP contribution in [0.4, 0.5) is 5.69 Å². The van der Waals surface area contributed by atoms with E-state index in [1.165, 1.54) is 0 Å². The molecule has 2 rings (SSSR count). The van der Waals surface area contributed by atoms with Crippen molar-refractivity contribution in [2.24, 2.45) is 0 Å². The first-order valence-corrected chi connectivity index (χ1v) is 9.42. The normalized spacial score (nSPS) is 12.1. The van der Waals surface area contributed by atoms with E-state index in [-0.39, 0.29) is 0 Å². The van der Waals surface area contributed by atoms with Crippen molar-refractivity contribution in [2.45, 2.75) is 41.2 Å². The van der Waals surface area contributed by atoms with E-state index in [4.69, 9.17) is 5.73 Å². The van der Waals surface area contributed by atoms with Crippen LogP contribution >= 0.6 is 88.4 Å². The molecule has 23 heavy (non-hydrogen) atoms. The quantitative estimate of drug-likeness (QED) is 0.255. The van der Waals surface area contributed by atoms with E-state index < -0.39 is 0 Å². The Balaban J connectivity index is 2.99. The predicted octanol–water partition coefficient (Wildman–Crippen LogP) is 3.84. The van der Waals surface area contributed by atoms with E-state index in [1.54, 1.807) is 0 Å². The molecule has 0 saturated heterocycles. The van der Waals surface area contributed by atoms with Crippen LogP contribution in [0.1, 0.15) is 11.1 Å². The molecule has 2 N–H and O–H groups in total. The summed E-state index contributed by atoms with van der Waals surface area (Å²) in [6.07, 6.45) is 1.92. The van der Waals surface area contributed by atoms with Crippen LogP contribution in [0.25, 0.3) is 12.7 Å². The highest BCUT2D eigenvalue weighted by molar-refractivity contribution is 7.86. The molecule has 2 aromatic carbocycles. The number of hydrogen-bond donors (Lipinski definition) is 8. The summed E-state index contributed by atoms with van der Waals surface area (Å²) in [5.74, 6) is 0. The van der Waals surface area contributed by atoms with Gasteiger partial charge >= 0.3 is 0 Å². The average Bonchev–Trinajstić information content (AvgIpc) is 2.54. The van der Waals surface area contributed by atoms with Crippen LogP contribution < -0.4 is 16.2 Å². The molecule has 0 heterocycles. The lowest BCUT2D eigenvalue weighted by molar-refractivity contribution is 0.998. The van der Waals surface area contributed by atoms with Gasteiger partial charge in [-0.2, -0.15) is 0 Å². The fraction of sp³-hybridized carbons (Fsp3) is 0.0667. The Morgan fingerprint density at radius 1 is 0.739 bits per heavy atom. The lowest BCUT2D eigenvalue weighted by Gasteiger charge is -2.15. The molecule has 0 aliphatic rings. The van der Waals surface area contributed by atoms with Crippen molar-refractivity contribution < 1.29 is 0 Å². The molecule has 0 unspecified atom stereocenters. The molecule has 0 aliphatic heterocycles. The molecule has 0 fully saturated rings. The second-order valence-electron chi connectivity index (χ2n) is 4.93. The maximum Gasteiger partial charge on any atom is 0.0599 e. The average molecular weight is 434 g/mol. The molecule has 8 heteroatoms. The number of anilines is 1. The Labute approximate surface area is 174 Å². The van der Waals surface area contributed by atoms with Gasteiger partial charge in [0.1, 0.15) is 0 Å². The molecule has 0 spiro atoms. The van der Waals surface area contributed by atoms with Crippen LogP contribution in [0.5, 0.6) is 0 Å². The molecule has 0 bridgehead atoms. The van der Waals surface area contributed by atoms with E-state index in [2.05, 4.69) is 95.0 Å². The van der Waals surface area contributed by atoms with Gasteiger partial charge in [-0.3, -0.25) is 0 Å². The topological polar surface area (TPSA) is 26.0 Å². The summed E-state index contributed by atoms with van der Waals surface area (Å²) < 4.78 is 0. The van der Waals surface area contributed by atoms with Crippen molar-refractivity contribution in [1.29, 1.82) is 0 Å². The highest BCUT2D eigenvalue weighted by atomic mass is 32.1. The molecule has 0 saturated carbocycles. The van der Waals surface area contributed by atoms with Crippen LogP contribution in [0.15, 0.2) is 34.3 Å². The fourth-order valence-electron chi connectivity index (χ4n) is 2.12. The number of nitrogen functional groups attached to an aromatic ring is 1. The minimum Gasteiger partial charge on any atom is -0.397 e. The SMILES string of the molecule is C=c1c(S)c(S)c(S)c(S)/c1=C/c1c(C)c(S)c(N)c(S)c1S. The maximum absolute atomic E-state index is 6.00. The lowest BCUT2D eigenvalue weighted by Crippen LogP contribution is -2.28. The maximum atomic E-state index is 6.00. The van der Waals surface area contributed by atoms with Crippen LogP contribution in [-0.2, 0) is 0 Å². The molecule has 0 atom stereocenters. The van der Waals surface area contributed by atoms with Crippen molar-refractivity contribution in [3.8, 4) is 0 Å². The first-order chi connectivity index (χ1) is 10.6. The van der Waals surface area contributed by atoms with E-state index in [0.717, 1.165) is 16.3 Å². The first-order valence-electron chi connectivity index (χ1n) is 6.28. The third-order valence-electron chi connectivity index (χ3n) is 3.58. The summed E-state index contributed by atoms with van der Waals surface area (Å²) in [6.45, 7) is 6.00. The minimum absolute atomic E-state index is 0.507. The third kappa shape index (κ3) is 3.41. The Kier molecular flexibility index (Phi) is 6.31. The van der Waals surface area contributed by atoms with Gasteiger partial charge in [0, 0.05) is 34.3 Å². The van der Waals surface area contributed by atoms with Gasteiger partial charge in [0.25, 0.3) is 0 Å². The summed E-state index contributed by atoms with van der Waals surface area (Å²) in [6, 6.07) is 0. The molecular weight excluding hydrogens is 419 g/mol. The summed E-state index contributed by atoms with van der Waals surface area (Å²) in [5, 5.41) is 1.51. The van der Waals surface area contributed by atoms with Gasteiger partial charge in [0.2, 0.25) is 0 Å². The largest absolute Gasteiger partial charge is 0.397 e. The Bertz CT molecular complexity index is 906. The molecular formula is C15H15NS7. The zero-order valence-corrected chi connectivity index (χ0v) is 18.3. The van der Waals surface area contributed by atoms with Gasteiger partial charge in [-0.05, 0) is 34.6 Å².